The van der Waals surface area contributed by atoms with Crippen molar-refractivity contribution in [3.63, 3.8) is 0 Å². The molecule has 5 N–H and O–H groups in total. The summed E-state index contributed by atoms with van der Waals surface area (Å²) in [6.07, 6.45) is -2.71. The van der Waals surface area contributed by atoms with E-state index < -0.39 is 23.1 Å². The lowest BCUT2D eigenvalue weighted by atomic mass is 9.94. The molecule has 2 aromatic heterocycles. The van der Waals surface area contributed by atoms with Crippen molar-refractivity contribution in [1.82, 2.24) is 9.97 Å². The summed E-state index contributed by atoms with van der Waals surface area (Å²) in [6, 6.07) is 14.5. The number of fused-ring (bicyclic) bond motifs is 1. The van der Waals surface area contributed by atoms with Crippen LogP contribution in [0.3, 0.4) is 0 Å². The molecule has 4 aromatic rings. The predicted molar refractivity (Wildman–Crippen MR) is 105 cm³/mol. The second kappa shape index (κ2) is 7.05. The molecule has 0 bridgehead atoms. The van der Waals surface area contributed by atoms with Gasteiger partial charge < -0.3 is 16.5 Å². The van der Waals surface area contributed by atoms with Gasteiger partial charge in [-0.3, -0.25) is 0 Å². The molecular formula is C20H17F3N4S. The molecule has 2 unspecified atom stereocenters. The van der Waals surface area contributed by atoms with E-state index in [-0.39, 0.29) is 0 Å². The zero-order valence-corrected chi connectivity index (χ0v) is 15.4. The topological polar surface area (TPSA) is 80.7 Å². The van der Waals surface area contributed by atoms with Gasteiger partial charge in [-0.25, -0.2) is 4.98 Å². The number of hydrogen-bond acceptors (Lipinski definition) is 4. The average molecular weight is 402 g/mol. The van der Waals surface area contributed by atoms with Gasteiger partial charge in [0.25, 0.3) is 0 Å². The number of nitrogens with one attached hydrogen (secondary N) is 1. The van der Waals surface area contributed by atoms with Gasteiger partial charge in [-0.2, -0.15) is 13.2 Å². The summed E-state index contributed by atoms with van der Waals surface area (Å²) < 4.78 is 38.4. The number of nitrogens with zero attached hydrogens (tertiary/aromatic N) is 1. The minimum atomic E-state index is -4.33. The van der Waals surface area contributed by atoms with Crippen LogP contribution in [0, 0.1) is 0 Å². The van der Waals surface area contributed by atoms with Crippen LogP contribution in [0.15, 0.2) is 60.9 Å². The molecule has 0 saturated heterocycles. The van der Waals surface area contributed by atoms with E-state index in [2.05, 4.69) is 9.97 Å². The summed E-state index contributed by atoms with van der Waals surface area (Å²) in [4.78, 5) is 7.17. The van der Waals surface area contributed by atoms with E-state index >= 15 is 0 Å². The molecule has 4 nitrogen and oxygen atoms in total. The number of H-pyrrole nitrogens is 1. The van der Waals surface area contributed by atoms with E-state index in [4.69, 9.17) is 11.5 Å². The van der Waals surface area contributed by atoms with Gasteiger partial charge in [-0.1, -0.05) is 30.3 Å². The highest BCUT2D eigenvalue weighted by Crippen LogP contribution is 2.38. The van der Waals surface area contributed by atoms with Crippen LogP contribution in [-0.4, -0.2) is 9.97 Å². The molecule has 2 atom stereocenters. The highest BCUT2D eigenvalue weighted by Gasteiger charge is 2.32. The molecule has 2 aromatic carbocycles. The van der Waals surface area contributed by atoms with E-state index in [1.807, 2.05) is 30.3 Å². The molecule has 0 spiro atoms. The van der Waals surface area contributed by atoms with Crippen molar-refractivity contribution >= 4 is 22.4 Å². The van der Waals surface area contributed by atoms with Crippen LogP contribution in [-0.2, 0) is 6.18 Å². The quantitative estimate of drug-likeness (QED) is 0.449. The number of hydrogen-bond donors (Lipinski definition) is 3. The summed E-state index contributed by atoms with van der Waals surface area (Å²) in [5, 5.41) is 0. The molecule has 0 saturated carbocycles. The first-order valence-corrected chi connectivity index (χ1v) is 9.36. The van der Waals surface area contributed by atoms with Crippen molar-refractivity contribution in [3.05, 3.63) is 76.9 Å². The fourth-order valence-electron chi connectivity index (χ4n) is 3.09. The molecule has 0 radical (unpaired) electrons. The molecule has 0 amide bonds. The first-order valence-electron chi connectivity index (χ1n) is 8.54. The maximum Gasteiger partial charge on any atom is 0.425 e. The van der Waals surface area contributed by atoms with E-state index in [9.17, 15) is 13.2 Å². The molecule has 0 fully saturated rings. The smallest absolute Gasteiger partial charge is 0.345 e. The number of aromatic nitrogens is 2. The highest BCUT2D eigenvalue weighted by molar-refractivity contribution is 7.15. The third kappa shape index (κ3) is 3.54. The minimum absolute atomic E-state index is 0.433. The number of halogens is 3. The van der Waals surface area contributed by atoms with Gasteiger partial charge in [0.2, 0.25) is 0 Å². The molecule has 28 heavy (non-hydrogen) atoms. The first kappa shape index (κ1) is 18.7. The molecule has 0 aliphatic rings. The Labute approximate surface area is 163 Å². The van der Waals surface area contributed by atoms with Gasteiger partial charge in [0.15, 0.2) is 0 Å². The van der Waals surface area contributed by atoms with Gasteiger partial charge in [0.1, 0.15) is 4.88 Å². The lowest BCUT2D eigenvalue weighted by Crippen LogP contribution is -2.26. The zero-order chi connectivity index (χ0) is 19.9. The van der Waals surface area contributed by atoms with Gasteiger partial charge >= 0.3 is 6.18 Å². The van der Waals surface area contributed by atoms with Crippen LogP contribution in [0.1, 0.15) is 28.1 Å². The number of benzene rings is 2. The Balaban J connectivity index is 1.55. The summed E-state index contributed by atoms with van der Waals surface area (Å²) in [7, 11) is 0. The summed E-state index contributed by atoms with van der Waals surface area (Å²) >= 11 is 0.722. The van der Waals surface area contributed by atoms with Crippen LogP contribution in [0.4, 0.5) is 13.2 Å². The van der Waals surface area contributed by atoms with Crippen molar-refractivity contribution in [2.75, 3.05) is 0 Å². The van der Waals surface area contributed by atoms with Crippen molar-refractivity contribution in [2.24, 2.45) is 11.5 Å². The lowest BCUT2D eigenvalue weighted by Gasteiger charge is -2.21. The second-order valence-electron chi connectivity index (χ2n) is 6.51. The number of thiophene rings is 1. The Kier molecular flexibility index (Phi) is 4.70. The molecule has 2 heterocycles. The largest absolute Gasteiger partial charge is 0.425 e. The van der Waals surface area contributed by atoms with Crippen LogP contribution >= 0.6 is 11.3 Å². The zero-order valence-electron chi connectivity index (χ0n) is 14.6. The van der Waals surface area contributed by atoms with Crippen molar-refractivity contribution in [1.29, 1.82) is 0 Å². The normalized spacial score (nSPS) is 14.3. The highest BCUT2D eigenvalue weighted by atomic mass is 32.1. The third-order valence-corrected chi connectivity index (χ3v) is 5.86. The maximum atomic E-state index is 12.8. The van der Waals surface area contributed by atoms with Crippen LogP contribution in [0.25, 0.3) is 21.5 Å². The number of aromatic amines is 1. The summed E-state index contributed by atoms with van der Waals surface area (Å²) in [5.74, 6) is 0. The van der Waals surface area contributed by atoms with Crippen LogP contribution in [0.2, 0.25) is 0 Å². The Bertz CT molecular complexity index is 1100. The Morgan fingerprint density at radius 3 is 2.25 bits per heavy atom. The Morgan fingerprint density at radius 2 is 1.57 bits per heavy atom. The van der Waals surface area contributed by atoms with Crippen molar-refractivity contribution in [2.45, 2.75) is 18.3 Å². The van der Waals surface area contributed by atoms with E-state index in [0.29, 0.717) is 10.4 Å². The first-order chi connectivity index (χ1) is 13.3. The molecular weight excluding hydrogens is 385 g/mol. The minimum Gasteiger partial charge on any atom is -0.345 e. The number of alkyl halides is 3. The van der Waals surface area contributed by atoms with Crippen molar-refractivity contribution < 1.29 is 13.2 Å². The standard InChI is InChI=1S/C20H17F3N4S/c21-20(22,23)17-8-7-16(28-17)11-1-3-12(4-2-11)18(24)19(25)13-5-6-14-15(9-13)27-10-26-14/h1-10,18-19H,24-25H2,(H,26,27). The van der Waals surface area contributed by atoms with Gasteiger partial charge in [0.05, 0.1) is 17.4 Å². The van der Waals surface area contributed by atoms with Gasteiger partial charge in [0, 0.05) is 17.0 Å². The fourth-order valence-corrected chi connectivity index (χ4v) is 3.97. The third-order valence-electron chi connectivity index (χ3n) is 4.68. The van der Waals surface area contributed by atoms with Gasteiger partial charge in [-0.05, 0) is 41.0 Å². The maximum absolute atomic E-state index is 12.8. The molecule has 8 heteroatoms. The monoisotopic (exact) mass is 402 g/mol. The van der Waals surface area contributed by atoms with Crippen molar-refractivity contribution in [3.8, 4) is 10.4 Å². The van der Waals surface area contributed by atoms with Gasteiger partial charge in [-0.15, -0.1) is 11.3 Å². The molecule has 4 rings (SSSR count). The summed E-state index contributed by atoms with van der Waals surface area (Å²) in [6.45, 7) is 0. The Morgan fingerprint density at radius 1 is 0.893 bits per heavy atom. The van der Waals surface area contributed by atoms with E-state index in [1.165, 1.54) is 6.07 Å². The van der Waals surface area contributed by atoms with Crippen LogP contribution in [0.5, 0.6) is 0 Å². The fraction of sp³-hybridized carbons (Fsp3) is 0.150. The summed E-state index contributed by atoms with van der Waals surface area (Å²) in [5.41, 5.74) is 16.8. The SMILES string of the molecule is NC(c1ccc(-c2ccc(C(F)(F)F)s2)cc1)C(N)c1ccc2nc[nH]c2c1. The van der Waals surface area contributed by atoms with E-state index in [0.717, 1.165) is 39.6 Å². The molecule has 0 aliphatic heterocycles. The molecule has 0 aliphatic carbocycles. The number of rotatable bonds is 4. The average Bonchev–Trinajstić information content (AvgIpc) is 3.35. The number of nitrogens with two attached hydrogens (primary N) is 2. The molecule has 144 valence electrons. The van der Waals surface area contributed by atoms with E-state index in [1.54, 1.807) is 18.5 Å². The van der Waals surface area contributed by atoms with Crippen LogP contribution < -0.4 is 11.5 Å². The lowest BCUT2D eigenvalue weighted by molar-refractivity contribution is -0.134. The predicted octanol–water partition coefficient (Wildman–Crippen LogP) is 5.01. The second-order valence-corrected chi connectivity index (χ2v) is 7.60. The Hall–Kier alpha value is -2.68. The number of imidazole rings is 1.